The summed E-state index contributed by atoms with van der Waals surface area (Å²) in [5, 5.41) is 0.932. The van der Waals surface area contributed by atoms with Crippen LogP contribution in [0.3, 0.4) is 0 Å². The minimum absolute atomic E-state index is 0.0491. The summed E-state index contributed by atoms with van der Waals surface area (Å²) in [5.41, 5.74) is 2.04. The van der Waals surface area contributed by atoms with Crippen molar-refractivity contribution < 1.29 is 13.0 Å². The molecule has 0 radical (unpaired) electrons. The topological polar surface area (TPSA) is 109 Å². The molecule has 0 fully saturated rings. The fourth-order valence-corrected chi connectivity index (χ4v) is 4.81. The molecule has 0 spiro atoms. The van der Waals surface area contributed by atoms with Crippen molar-refractivity contribution in [3.05, 3.63) is 80.1 Å². The summed E-state index contributed by atoms with van der Waals surface area (Å²) in [7, 11) is -4.75. The molecule has 0 unspecified atom stereocenters. The van der Waals surface area contributed by atoms with Crippen LogP contribution in [-0.4, -0.2) is 21.9 Å². The van der Waals surface area contributed by atoms with Crippen LogP contribution < -0.4 is 10.9 Å². The number of pyridine rings is 2. The first-order chi connectivity index (χ1) is 14.1. The number of aromatic nitrogens is 2. The van der Waals surface area contributed by atoms with Gasteiger partial charge in [0, 0.05) is 27.1 Å². The molecule has 2 N–H and O–H groups in total. The van der Waals surface area contributed by atoms with Crippen molar-refractivity contribution in [2.75, 3.05) is 0 Å². The molecule has 0 saturated carbocycles. The van der Waals surface area contributed by atoms with E-state index in [0.717, 1.165) is 11.1 Å². The molecule has 0 saturated heterocycles. The Morgan fingerprint density at radius 3 is 2.00 bits per heavy atom. The summed E-state index contributed by atoms with van der Waals surface area (Å²) in [6.45, 7) is 3.65. The SMILES string of the molecule is Cc1ccc2[nH]c3cc4c(=O)c5cc(C)ccc5n(S(=O)(=O)O)c4cc3c(=O)c2c1. The molecular formula is C22H16N2O5S. The molecule has 0 bridgehead atoms. The second-order valence-electron chi connectivity index (χ2n) is 7.51. The van der Waals surface area contributed by atoms with Gasteiger partial charge in [0.1, 0.15) is 0 Å². The van der Waals surface area contributed by atoms with E-state index >= 15 is 0 Å². The molecule has 8 heteroatoms. The fraction of sp³-hybridized carbons (Fsp3) is 0.0909. The normalized spacial score (nSPS) is 12.4. The van der Waals surface area contributed by atoms with E-state index in [1.54, 1.807) is 31.2 Å². The van der Waals surface area contributed by atoms with Gasteiger partial charge in [-0.25, -0.2) is 3.97 Å². The molecule has 3 aromatic carbocycles. The molecule has 0 atom stereocenters. The molecule has 2 heterocycles. The number of nitrogens with zero attached hydrogens (tertiary/aromatic N) is 1. The highest BCUT2D eigenvalue weighted by Crippen LogP contribution is 2.26. The maximum Gasteiger partial charge on any atom is 0.364 e. The zero-order valence-electron chi connectivity index (χ0n) is 16.1. The van der Waals surface area contributed by atoms with Crippen molar-refractivity contribution in [2.24, 2.45) is 0 Å². The summed E-state index contributed by atoms with van der Waals surface area (Å²) in [5.74, 6) is 0. The summed E-state index contributed by atoms with van der Waals surface area (Å²) in [6, 6.07) is 12.9. The Balaban J connectivity index is 2.11. The van der Waals surface area contributed by atoms with E-state index < -0.39 is 10.3 Å². The van der Waals surface area contributed by atoms with Crippen LogP contribution in [0.15, 0.2) is 58.1 Å². The third kappa shape index (κ3) is 2.58. The molecule has 30 heavy (non-hydrogen) atoms. The predicted molar refractivity (Wildman–Crippen MR) is 118 cm³/mol. The van der Waals surface area contributed by atoms with E-state index in [1.807, 2.05) is 13.0 Å². The Labute approximate surface area is 170 Å². The lowest BCUT2D eigenvalue weighted by atomic mass is 10.0. The van der Waals surface area contributed by atoms with E-state index in [9.17, 15) is 22.6 Å². The molecule has 7 nitrogen and oxygen atoms in total. The van der Waals surface area contributed by atoms with Crippen LogP contribution in [0.4, 0.5) is 0 Å². The highest BCUT2D eigenvalue weighted by molar-refractivity contribution is 7.84. The van der Waals surface area contributed by atoms with E-state index in [2.05, 4.69) is 4.98 Å². The number of aryl methyl sites for hydroxylation is 2. The smallest absolute Gasteiger partial charge is 0.354 e. The van der Waals surface area contributed by atoms with Crippen molar-refractivity contribution >= 4 is 53.9 Å². The number of hydrogen-bond donors (Lipinski definition) is 2. The van der Waals surface area contributed by atoms with Crippen LogP contribution in [0.5, 0.6) is 0 Å². The zero-order valence-corrected chi connectivity index (χ0v) is 16.9. The first-order valence-electron chi connectivity index (χ1n) is 9.18. The van der Waals surface area contributed by atoms with Gasteiger partial charge in [-0.15, -0.1) is 0 Å². The number of nitrogens with one attached hydrogen (secondary N) is 1. The minimum atomic E-state index is -4.75. The quantitative estimate of drug-likeness (QED) is 0.319. The predicted octanol–water partition coefficient (Wildman–Crippen LogP) is 3.42. The van der Waals surface area contributed by atoms with Gasteiger partial charge in [0.15, 0.2) is 10.9 Å². The molecule has 2 aromatic heterocycles. The molecule has 0 aliphatic carbocycles. The summed E-state index contributed by atoms with van der Waals surface area (Å²) in [4.78, 5) is 29.4. The van der Waals surface area contributed by atoms with Crippen molar-refractivity contribution in [1.82, 2.24) is 8.96 Å². The monoisotopic (exact) mass is 420 g/mol. The molecule has 150 valence electrons. The van der Waals surface area contributed by atoms with E-state index in [4.69, 9.17) is 0 Å². The lowest BCUT2D eigenvalue weighted by Crippen LogP contribution is -2.18. The third-order valence-electron chi connectivity index (χ3n) is 5.38. The largest absolute Gasteiger partial charge is 0.364 e. The Morgan fingerprint density at radius 2 is 1.30 bits per heavy atom. The van der Waals surface area contributed by atoms with Crippen LogP contribution in [0.1, 0.15) is 11.1 Å². The van der Waals surface area contributed by atoms with E-state index in [0.29, 0.717) is 20.4 Å². The highest BCUT2D eigenvalue weighted by atomic mass is 32.2. The molecule has 5 aromatic rings. The molecule has 5 rings (SSSR count). The number of aromatic amines is 1. The maximum absolute atomic E-state index is 13.2. The Kier molecular flexibility index (Phi) is 3.71. The van der Waals surface area contributed by atoms with Gasteiger partial charge in [-0.05, 0) is 50.2 Å². The van der Waals surface area contributed by atoms with Gasteiger partial charge in [0.05, 0.1) is 16.6 Å². The second kappa shape index (κ2) is 6.01. The second-order valence-corrected chi connectivity index (χ2v) is 8.77. The van der Waals surface area contributed by atoms with Gasteiger partial charge in [-0.1, -0.05) is 23.3 Å². The van der Waals surface area contributed by atoms with Crippen LogP contribution in [0.2, 0.25) is 0 Å². The third-order valence-corrected chi connectivity index (χ3v) is 6.23. The Hall–Kier alpha value is -3.49. The van der Waals surface area contributed by atoms with Crippen LogP contribution in [-0.2, 0) is 10.3 Å². The number of fused-ring (bicyclic) bond motifs is 4. The van der Waals surface area contributed by atoms with Gasteiger partial charge < -0.3 is 4.98 Å². The Morgan fingerprint density at radius 1 is 0.733 bits per heavy atom. The first kappa shape index (κ1) is 18.5. The first-order valence-corrected chi connectivity index (χ1v) is 10.6. The molecule has 0 amide bonds. The molecule has 0 aliphatic heterocycles. The standard InChI is InChI=1S/C22H16N2O5S/c1-11-3-5-17-13(7-11)21(25)14-10-20-16(9-18(14)23-17)22(26)15-8-12(2)4-6-19(15)24(20)30(27,28)29/h3-10H,1-2H3,(H,23,25)(H,27,28,29). The number of H-pyrrole nitrogens is 1. The average molecular weight is 420 g/mol. The minimum Gasteiger partial charge on any atom is -0.354 e. The summed E-state index contributed by atoms with van der Waals surface area (Å²) >= 11 is 0. The lowest BCUT2D eigenvalue weighted by Gasteiger charge is -2.13. The highest BCUT2D eigenvalue weighted by Gasteiger charge is 2.20. The van der Waals surface area contributed by atoms with Crippen LogP contribution >= 0.6 is 0 Å². The van der Waals surface area contributed by atoms with Crippen LogP contribution in [0.25, 0.3) is 43.6 Å². The van der Waals surface area contributed by atoms with E-state index in [1.165, 1.54) is 18.2 Å². The van der Waals surface area contributed by atoms with Gasteiger partial charge in [0.2, 0.25) is 0 Å². The number of benzene rings is 3. The number of hydrogen-bond acceptors (Lipinski definition) is 4. The van der Waals surface area contributed by atoms with Crippen molar-refractivity contribution in [1.29, 1.82) is 0 Å². The number of rotatable bonds is 1. The molecular weight excluding hydrogens is 404 g/mol. The average Bonchev–Trinajstić information content (AvgIpc) is 2.68. The van der Waals surface area contributed by atoms with Gasteiger partial charge >= 0.3 is 10.3 Å². The van der Waals surface area contributed by atoms with Crippen molar-refractivity contribution in [2.45, 2.75) is 13.8 Å². The van der Waals surface area contributed by atoms with Crippen molar-refractivity contribution in [3.63, 3.8) is 0 Å². The zero-order chi connectivity index (χ0) is 21.4. The van der Waals surface area contributed by atoms with E-state index in [-0.39, 0.29) is 38.0 Å². The maximum atomic E-state index is 13.2. The van der Waals surface area contributed by atoms with Crippen molar-refractivity contribution in [3.8, 4) is 0 Å². The van der Waals surface area contributed by atoms with Gasteiger partial charge in [-0.2, -0.15) is 8.42 Å². The van der Waals surface area contributed by atoms with Gasteiger partial charge in [0.25, 0.3) is 0 Å². The fourth-order valence-electron chi connectivity index (χ4n) is 4.01. The summed E-state index contributed by atoms with van der Waals surface area (Å²) in [6.07, 6.45) is 0. The van der Waals surface area contributed by atoms with Crippen LogP contribution in [0, 0.1) is 13.8 Å². The summed E-state index contributed by atoms with van der Waals surface area (Å²) < 4.78 is 35.2. The Bertz CT molecular complexity index is 1780. The molecule has 0 aliphatic rings. The van der Waals surface area contributed by atoms with Gasteiger partial charge in [-0.3, -0.25) is 14.1 Å². The lowest BCUT2D eigenvalue weighted by molar-refractivity contribution is 0.476.